The number of hydrogen-bond acceptors (Lipinski definition) is 4. The Morgan fingerprint density at radius 3 is 1.24 bits per heavy atom. The summed E-state index contributed by atoms with van der Waals surface area (Å²) in [5.41, 5.74) is -0.208. The summed E-state index contributed by atoms with van der Waals surface area (Å²) < 4.78 is 11.4. The van der Waals surface area contributed by atoms with Gasteiger partial charge >= 0.3 is 11.9 Å². The molecule has 6 nitrogen and oxygen atoms in total. The molecule has 3 aromatic carbocycles. The van der Waals surface area contributed by atoms with Crippen LogP contribution < -0.4 is 10.4 Å². The first-order valence-corrected chi connectivity index (χ1v) is 15.2. The van der Waals surface area contributed by atoms with Crippen LogP contribution in [0.4, 0.5) is 0 Å². The van der Waals surface area contributed by atoms with E-state index in [0.29, 0.717) is 32.0 Å². The number of ether oxygens (including phenoxy) is 2. The molecule has 0 radical (unpaired) electrons. The van der Waals surface area contributed by atoms with Gasteiger partial charge in [-0.2, -0.15) is 0 Å². The van der Waals surface area contributed by atoms with Crippen molar-refractivity contribution in [3.8, 4) is 0 Å². The van der Waals surface area contributed by atoms with E-state index in [4.69, 9.17) is 22.6 Å². The first kappa shape index (κ1) is 32.4. The lowest BCUT2D eigenvalue weighted by Crippen LogP contribution is -2.24. The Morgan fingerprint density at radius 1 is 0.643 bits per heavy atom. The monoisotopic (exact) mass is 566 g/mol. The molecule has 0 aliphatic carbocycles. The van der Waals surface area contributed by atoms with Crippen LogP contribution in [0.25, 0.3) is 42.6 Å². The highest BCUT2D eigenvalue weighted by atomic mass is 16.5. The molecule has 220 valence electrons. The Bertz CT molecular complexity index is 1430. The molecule has 0 fully saturated rings. The normalized spacial score (nSPS) is 12.2. The van der Waals surface area contributed by atoms with Crippen LogP contribution in [0.15, 0.2) is 48.5 Å². The molecule has 42 heavy (non-hydrogen) atoms. The molecule has 0 amide bonds. The minimum atomic E-state index is -0.658. The zero-order chi connectivity index (χ0) is 30.5. The van der Waals surface area contributed by atoms with Crippen molar-refractivity contribution < 1.29 is 19.1 Å². The van der Waals surface area contributed by atoms with E-state index >= 15 is 0 Å². The zero-order valence-corrected chi connectivity index (χ0v) is 25.4. The molecule has 0 spiro atoms. The van der Waals surface area contributed by atoms with Gasteiger partial charge in [-0.15, -0.1) is 0 Å². The Morgan fingerprint density at radius 2 is 0.976 bits per heavy atom. The highest BCUT2D eigenvalue weighted by molar-refractivity contribution is 6.20. The lowest BCUT2D eigenvalue weighted by atomic mass is 9.95. The number of nitrogens with zero attached hydrogens (tertiary/aromatic N) is 2. The van der Waals surface area contributed by atoms with Gasteiger partial charge < -0.3 is 9.47 Å². The fourth-order valence-corrected chi connectivity index (χ4v) is 5.37. The van der Waals surface area contributed by atoms with E-state index in [1.807, 2.05) is 48.5 Å². The average Bonchev–Trinajstić information content (AvgIpc) is 3.02. The van der Waals surface area contributed by atoms with Gasteiger partial charge in [0.2, 0.25) is 0 Å². The van der Waals surface area contributed by atoms with E-state index < -0.39 is 11.9 Å². The molecule has 0 aromatic heterocycles. The van der Waals surface area contributed by atoms with Gasteiger partial charge in [0.25, 0.3) is 11.4 Å². The highest BCUT2D eigenvalue weighted by Gasteiger charge is 2.22. The SMILES string of the molecule is [C-]#[N+]C(C(=O)OCC(CC)CCCC)=c1c2ccccc2c(=C([N+]#[C-])C(=O)OCC(CC)CCCC)c2ccccc12. The quantitative estimate of drug-likeness (QED) is 0.115. The molecule has 0 heterocycles. The van der Waals surface area contributed by atoms with Crippen LogP contribution >= 0.6 is 0 Å². The Kier molecular flexibility index (Phi) is 12.6. The van der Waals surface area contributed by atoms with Gasteiger partial charge in [-0.05, 0) is 46.2 Å². The predicted octanol–water partition coefficient (Wildman–Crippen LogP) is 7.57. The molecular weight excluding hydrogens is 524 g/mol. The van der Waals surface area contributed by atoms with Crippen LogP contribution in [0, 0.1) is 25.0 Å². The van der Waals surface area contributed by atoms with Crippen LogP contribution in [-0.4, -0.2) is 25.2 Å². The van der Waals surface area contributed by atoms with Crippen molar-refractivity contribution in [2.45, 2.75) is 79.1 Å². The number of rotatable bonds is 14. The van der Waals surface area contributed by atoms with Gasteiger partial charge in [0, 0.05) is 10.4 Å². The number of unbranched alkanes of at least 4 members (excludes halogenated alkanes) is 2. The number of benzene rings is 3. The third-order valence-corrected chi connectivity index (χ3v) is 8.00. The number of carbonyl (C=O) groups excluding carboxylic acids is 2. The highest BCUT2D eigenvalue weighted by Crippen LogP contribution is 2.20. The maximum absolute atomic E-state index is 13.4. The first-order valence-electron chi connectivity index (χ1n) is 15.2. The van der Waals surface area contributed by atoms with Crippen LogP contribution in [0.3, 0.4) is 0 Å². The molecule has 0 saturated carbocycles. The maximum atomic E-state index is 13.4. The lowest BCUT2D eigenvalue weighted by molar-refractivity contribution is -0.138. The standard InChI is InChI=1S/C36H42N2O4/c1-7-11-17-25(9-3)23-41-35(39)33(37-5)31-27-19-13-15-21-29(27)32(30-22-16-14-20-28(30)31)34(38-6)36(40)42-24-26(10-4)18-12-8-2/h13-16,19-22,25-26H,7-12,17-18,23-24H2,1-4H3. The van der Waals surface area contributed by atoms with Crippen molar-refractivity contribution in [3.05, 3.63) is 81.8 Å². The largest absolute Gasteiger partial charge is 0.470 e. The second kappa shape index (κ2) is 16.3. The average molecular weight is 567 g/mol. The van der Waals surface area contributed by atoms with Crippen molar-refractivity contribution >= 4 is 44.9 Å². The zero-order valence-electron chi connectivity index (χ0n) is 25.4. The maximum Gasteiger partial charge on any atom is 0.336 e. The van der Waals surface area contributed by atoms with Gasteiger partial charge in [0.15, 0.2) is 0 Å². The molecule has 3 rings (SSSR count). The Balaban J connectivity index is 2.24. The Labute approximate surface area is 249 Å². The van der Waals surface area contributed by atoms with E-state index in [0.717, 1.165) is 51.4 Å². The molecule has 0 bridgehead atoms. The number of hydrogen-bond donors (Lipinski definition) is 0. The summed E-state index contributed by atoms with van der Waals surface area (Å²) in [5, 5.41) is 3.33. The summed E-state index contributed by atoms with van der Waals surface area (Å²) in [6.07, 6.45) is 7.99. The van der Waals surface area contributed by atoms with Crippen LogP contribution in [0.2, 0.25) is 0 Å². The fourth-order valence-electron chi connectivity index (χ4n) is 5.37. The third-order valence-electron chi connectivity index (χ3n) is 8.00. The second-order valence-electron chi connectivity index (χ2n) is 10.8. The van der Waals surface area contributed by atoms with Gasteiger partial charge in [0.05, 0.1) is 26.4 Å². The minimum Gasteiger partial charge on any atom is -0.470 e. The molecule has 0 aliphatic heterocycles. The summed E-state index contributed by atoms with van der Waals surface area (Å²) in [6, 6.07) is 14.6. The molecule has 6 heteroatoms. The molecule has 0 N–H and O–H groups in total. The summed E-state index contributed by atoms with van der Waals surface area (Å²) in [6.45, 7) is 24.9. The Hall–Kier alpha value is -4.16. The minimum absolute atomic E-state index is 0.104. The molecule has 2 unspecified atom stereocenters. The summed E-state index contributed by atoms with van der Waals surface area (Å²) in [4.78, 5) is 34.1. The summed E-state index contributed by atoms with van der Waals surface area (Å²) in [7, 11) is 0. The number of fused-ring (bicyclic) bond motifs is 2. The van der Waals surface area contributed by atoms with Crippen LogP contribution in [-0.2, 0) is 19.1 Å². The first-order chi connectivity index (χ1) is 20.4. The van der Waals surface area contributed by atoms with E-state index in [2.05, 4.69) is 37.4 Å². The van der Waals surface area contributed by atoms with Crippen molar-refractivity contribution in [1.82, 2.24) is 0 Å². The number of esters is 2. The molecule has 0 aliphatic rings. The van der Waals surface area contributed by atoms with E-state index in [1.54, 1.807) is 0 Å². The topological polar surface area (TPSA) is 61.3 Å². The van der Waals surface area contributed by atoms with Gasteiger partial charge in [-0.1, -0.05) is 115 Å². The van der Waals surface area contributed by atoms with E-state index in [9.17, 15) is 9.59 Å². The van der Waals surface area contributed by atoms with Crippen molar-refractivity contribution in [3.63, 3.8) is 0 Å². The van der Waals surface area contributed by atoms with E-state index in [-0.39, 0.29) is 36.4 Å². The summed E-state index contributed by atoms with van der Waals surface area (Å²) in [5.74, 6) is -0.829. The van der Waals surface area contributed by atoms with Crippen molar-refractivity contribution in [2.75, 3.05) is 13.2 Å². The number of carbonyl (C=O) groups is 2. The summed E-state index contributed by atoms with van der Waals surface area (Å²) >= 11 is 0. The van der Waals surface area contributed by atoms with Gasteiger partial charge in [0.1, 0.15) is 0 Å². The second-order valence-corrected chi connectivity index (χ2v) is 10.8. The van der Waals surface area contributed by atoms with E-state index in [1.165, 1.54) is 0 Å². The van der Waals surface area contributed by atoms with Crippen molar-refractivity contribution in [1.29, 1.82) is 0 Å². The third kappa shape index (κ3) is 7.56. The van der Waals surface area contributed by atoms with Crippen LogP contribution in [0.5, 0.6) is 0 Å². The predicted molar refractivity (Wildman–Crippen MR) is 169 cm³/mol. The van der Waals surface area contributed by atoms with Gasteiger partial charge in [-0.3, -0.25) is 9.59 Å². The smallest absolute Gasteiger partial charge is 0.336 e. The molecule has 0 saturated heterocycles. The van der Waals surface area contributed by atoms with Gasteiger partial charge in [-0.25, -0.2) is 9.69 Å². The lowest BCUT2D eigenvalue weighted by Gasteiger charge is -2.16. The fraction of sp³-hybridized carbons (Fsp3) is 0.444. The molecule has 2 atom stereocenters. The molecule has 3 aromatic rings. The molecular formula is C36H42N2O4. The van der Waals surface area contributed by atoms with Crippen LogP contribution in [0.1, 0.15) is 79.1 Å². The van der Waals surface area contributed by atoms with Crippen molar-refractivity contribution in [2.24, 2.45) is 11.8 Å².